The van der Waals surface area contributed by atoms with Gasteiger partial charge in [0, 0.05) is 37.0 Å². The highest BCUT2D eigenvalue weighted by Gasteiger charge is 2.52. The predicted molar refractivity (Wildman–Crippen MR) is 106 cm³/mol. The average Bonchev–Trinajstić information content (AvgIpc) is 3.47. The first-order chi connectivity index (χ1) is 13.1. The van der Waals surface area contributed by atoms with Crippen LogP contribution in [0, 0.1) is 6.92 Å². The van der Waals surface area contributed by atoms with E-state index in [4.69, 9.17) is 4.74 Å². The maximum atomic E-state index is 12.8. The molecule has 1 saturated carbocycles. The van der Waals surface area contributed by atoms with Gasteiger partial charge in [0.15, 0.2) is 0 Å². The van der Waals surface area contributed by atoms with E-state index in [9.17, 15) is 4.79 Å². The third-order valence-corrected chi connectivity index (χ3v) is 4.71. The lowest BCUT2D eigenvalue weighted by atomic mass is 9.94. The van der Waals surface area contributed by atoms with Crippen LogP contribution in [-0.2, 0) is 10.2 Å². The van der Waals surface area contributed by atoms with E-state index < -0.39 is 5.41 Å². The van der Waals surface area contributed by atoms with E-state index in [0.29, 0.717) is 19.0 Å². The molecule has 1 heterocycles. The molecule has 0 unspecified atom stereocenters. The molecule has 1 aliphatic carbocycles. The number of hydrogen-bond acceptors (Lipinski definition) is 6. The number of carbonyl (C=O) groups excluding carboxylic acids is 1. The summed E-state index contributed by atoms with van der Waals surface area (Å²) < 4.78 is 5.43. The first-order valence-corrected chi connectivity index (χ1v) is 9.34. The Hall–Kier alpha value is -2.83. The van der Waals surface area contributed by atoms with Crippen LogP contribution in [0.15, 0.2) is 30.3 Å². The highest BCUT2D eigenvalue weighted by Crippen LogP contribution is 2.51. The van der Waals surface area contributed by atoms with Gasteiger partial charge in [-0.05, 0) is 32.8 Å². The fraction of sp³-hybridized carbons (Fsp3) is 0.450. The number of carbonyl (C=O) groups is 1. The van der Waals surface area contributed by atoms with Crippen molar-refractivity contribution in [1.82, 2.24) is 15.3 Å². The lowest BCUT2D eigenvalue weighted by Crippen LogP contribution is -2.37. The SMILES string of the molecule is CCNc1cc(C)nc(NCCNC(=O)C2(c3ccccc3OC)CC2)n1. The number of nitrogens with one attached hydrogen (secondary N) is 3. The molecule has 1 fully saturated rings. The van der Waals surface area contributed by atoms with E-state index in [1.54, 1.807) is 7.11 Å². The van der Waals surface area contributed by atoms with Crippen molar-refractivity contribution in [2.45, 2.75) is 32.1 Å². The van der Waals surface area contributed by atoms with Crippen LogP contribution in [-0.4, -0.2) is 42.6 Å². The Bertz CT molecular complexity index is 805. The van der Waals surface area contributed by atoms with E-state index >= 15 is 0 Å². The maximum absolute atomic E-state index is 12.8. The molecule has 2 aromatic rings. The van der Waals surface area contributed by atoms with Crippen molar-refractivity contribution in [2.75, 3.05) is 37.4 Å². The monoisotopic (exact) mass is 369 g/mol. The van der Waals surface area contributed by atoms with Crippen molar-refractivity contribution in [3.05, 3.63) is 41.6 Å². The fourth-order valence-corrected chi connectivity index (χ4v) is 3.22. The summed E-state index contributed by atoms with van der Waals surface area (Å²) in [4.78, 5) is 21.5. The second-order valence-corrected chi connectivity index (χ2v) is 6.71. The number of hydrogen-bond donors (Lipinski definition) is 3. The maximum Gasteiger partial charge on any atom is 0.230 e. The van der Waals surface area contributed by atoms with Gasteiger partial charge in [-0.1, -0.05) is 18.2 Å². The van der Waals surface area contributed by atoms with Crippen molar-refractivity contribution in [3.8, 4) is 5.75 Å². The fourth-order valence-electron chi connectivity index (χ4n) is 3.22. The molecule has 144 valence electrons. The Labute approximate surface area is 159 Å². The summed E-state index contributed by atoms with van der Waals surface area (Å²) in [6.07, 6.45) is 1.69. The minimum atomic E-state index is -0.454. The number of amides is 1. The van der Waals surface area contributed by atoms with Gasteiger partial charge < -0.3 is 20.7 Å². The van der Waals surface area contributed by atoms with Gasteiger partial charge in [0.2, 0.25) is 11.9 Å². The molecule has 0 radical (unpaired) electrons. The first-order valence-electron chi connectivity index (χ1n) is 9.34. The molecule has 1 aromatic carbocycles. The van der Waals surface area contributed by atoms with Gasteiger partial charge in [0.05, 0.1) is 12.5 Å². The van der Waals surface area contributed by atoms with Gasteiger partial charge in [-0.3, -0.25) is 4.79 Å². The van der Waals surface area contributed by atoms with Crippen LogP contribution in [0.1, 0.15) is 31.0 Å². The topological polar surface area (TPSA) is 88.2 Å². The normalized spacial score (nSPS) is 14.3. The van der Waals surface area contributed by atoms with E-state index in [1.165, 1.54) is 0 Å². The van der Waals surface area contributed by atoms with Crippen LogP contribution in [0.3, 0.4) is 0 Å². The highest BCUT2D eigenvalue weighted by molar-refractivity contribution is 5.92. The number of nitrogens with zero attached hydrogens (tertiary/aromatic N) is 2. The van der Waals surface area contributed by atoms with Crippen molar-refractivity contribution in [3.63, 3.8) is 0 Å². The zero-order chi connectivity index (χ0) is 19.3. The molecule has 3 N–H and O–H groups in total. The van der Waals surface area contributed by atoms with Gasteiger partial charge in [-0.2, -0.15) is 4.98 Å². The Kier molecular flexibility index (Phi) is 5.78. The number of rotatable bonds is 9. The third-order valence-electron chi connectivity index (χ3n) is 4.71. The largest absolute Gasteiger partial charge is 0.496 e. The Morgan fingerprint density at radius 2 is 1.96 bits per heavy atom. The smallest absolute Gasteiger partial charge is 0.230 e. The van der Waals surface area contributed by atoms with Crippen LogP contribution in [0.2, 0.25) is 0 Å². The van der Waals surface area contributed by atoms with Crippen molar-refractivity contribution >= 4 is 17.7 Å². The molecular formula is C20H27N5O2. The van der Waals surface area contributed by atoms with E-state index in [0.717, 1.165) is 42.2 Å². The molecule has 7 heteroatoms. The number of anilines is 2. The van der Waals surface area contributed by atoms with Crippen LogP contribution >= 0.6 is 0 Å². The van der Waals surface area contributed by atoms with Crippen molar-refractivity contribution in [2.24, 2.45) is 0 Å². The van der Waals surface area contributed by atoms with Gasteiger partial charge in [-0.15, -0.1) is 0 Å². The molecule has 3 rings (SSSR count). The summed E-state index contributed by atoms with van der Waals surface area (Å²) in [5, 5.41) is 9.39. The highest BCUT2D eigenvalue weighted by atomic mass is 16.5. The van der Waals surface area contributed by atoms with Crippen LogP contribution < -0.4 is 20.7 Å². The lowest BCUT2D eigenvalue weighted by molar-refractivity contribution is -0.123. The van der Waals surface area contributed by atoms with Gasteiger partial charge in [-0.25, -0.2) is 4.98 Å². The van der Waals surface area contributed by atoms with E-state index in [1.807, 2.05) is 44.2 Å². The second-order valence-electron chi connectivity index (χ2n) is 6.71. The number of ether oxygens (including phenoxy) is 1. The summed E-state index contributed by atoms with van der Waals surface area (Å²) in [5.41, 5.74) is 1.40. The number of methoxy groups -OCH3 is 1. The van der Waals surface area contributed by atoms with E-state index in [-0.39, 0.29) is 5.91 Å². The zero-order valence-corrected chi connectivity index (χ0v) is 16.1. The zero-order valence-electron chi connectivity index (χ0n) is 16.1. The van der Waals surface area contributed by atoms with Crippen molar-refractivity contribution in [1.29, 1.82) is 0 Å². The molecule has 0 atom stereocenters. The third kappa shape index (κ3) is 4.30. The second kappa shape index (κ2) is 8.24. The predicted octanol–water partition coefficient (Wildman–Crippen LogP) is 2.49. The molecule has 1 aromatic heterocycles. The summed E-state index contributed by atoms with van der Waals surface area (Å²) in [6.45, 7) is 5.82. The standard InChI is InChI=1S/C20H27N5O2/c1-4-21-17-13-14(2)24-19(25-17)23-12-11-22-18(26)20(9-10-20)15-7-5-6-8-16(15)27-3/h5-8,13H,4,9-12H2,1-3H3,(H,22,26)(H2,21,23,24,25). The Morgan fingerprint density at radius 1 is 1.19 bits per heavy atom. The summed E-state index contributed by atoms with van der Waals surface area (Å²) in [5.74, 6) is 2.18. The molecular weight excluding hydrogens is 342 g/mol. The molecule has 7 nitrogen and oxygen atoms in total. The van der Waals surface area contributed by atoms with Crippen LogP contribution in [0.4, 0.5) is 11.8 Å². The van der Waals surface area contributed by atoms with Crippen LogP contribution in [0.5, 0.6) is 5.75 Å². The van der Waals surface area contributed by atoms with Gasteiger partial charge >= 0.3 is 0 Å². The van der Waals surface area contributed by atoms with Gasteiger partial charge in [0.25, 0.3) is 0 Å². The molecule has 27 heavy (non-hydrogen) atoms. The number of para-hydroxylation sites is 1. The molecule has 0 saturated heterocycles. The molecule has 0 bridgehead atoms. The Balaban J connectivity index is 1.54. The Morgan fingerprint density at radius 3 is 2.67 bits per heavy atom. The average molecular weight is 369 g/mol. The lowest BCUT2D eigenvalue weighted by Gasteiger charge is -2.18. The molecule has 0 spiro atoms. The van der Waals surface area contributed by atoms with Gasteiger partial charge in [0.1, 0.15) is 11.6 Å². The summed E-state index contributed by atoms with van der Waals surface area (Å²) >= 11 is 0. The quantitative estimate of drug-likeness (QED) is 0.589. The number of benzene rings is 1. The molecule has 1 aliphatic rings. The first kappa shape index (κ1) is 18.9. The van der Waals surface area contributed by atoms with Crippen molar-refractivity contribution < 1.29 is 9.53 Å². The minimum absolute atomic E-state index is 0.0484. The van der Waals surface area contributed by atoms with E-state index in [2.05, 4.69) is 25.9 Å². The molecule has 1 amide bonds. The van der Waals surface area contributed by atoms with Crippen LogP contribution in [0.25, 0.3) is 0 Å². The molecule has 0 aliphatic heterocycles. The number of aromatic nitrogens is 2. The summed E-state index contributed by atoms with van der Waals surface area (Å²) in [7, 11) is 1.64. The number of aryl methyl sites for hydroxylation is 1. The summed E-state index contributed by atoms with van der Waals surface area (Å²) in [6, 6.07) is 9.65. The minimum Gasteiger partial charge on any atom is -0.496 e.